The molecular weight excluding hydrogens is 259 g/mol. The van der Waals surface area contributed by atoms with E-state index in [2.05, 4.69) is 4.98 Å². The quantitative estimate of drug-likeness (QED) is 0.792. The summed E-state index contributed by atoms with van der Waals surface area (Å²) in [6, 6.07) is 9.64. The smallest absolute Gasteiger partial charge is 0.249 e. The van der Waals surface area contributed by atoms with E-state index in [1.807, 2.05) is 19.1 Å². The maximum atomic E-state index is 12.8. The van der Waals surface area contributed by atoms with Crippen molar-refractivity contribution in [1.82, 2.24) is 4.98 Å². The molecular formula is C13H10F3NS. The van der Waals surface area contributed by atoms with Gasteiger partial charge >= 0.3 is 6.18 Å². The van der Waals surface area contributed by atoms with Gasteiger partial charge in [-0.15, -0.1) is 0 Å². The fraction of sp³-hybridized carbons (Fsp3) is 0.154. The first-order chi connectivity index (χ1) is 8.48. The van der Waals surface area contributed by atoms with Gasteiger partial charge < -0.3 is 0 Å². The van der Waals surface area contributed by atoms with Crippen LogP contribution in [0.2, 0.25) is 0 Å². The number of benzene rings is 1. The van der Waals surface area contributed by atoms with Crippen molar-refractivity contribution in [2.24, 2.45) is 0 Å². The molecule has 0 saturated carbocycles. The molecule has 1 aromatic heterocycles. The van der Waals surface area contributed by atoms with E-state index in [1.54, 1.807) is 12.1 Å². The zero-order valence-corrected chi connectivity index (χ0v) is 10.3. The van der Waals surface area contributed by atoms with Crippen molar-refractivity contribution in [2.45, 2.75) is 23.0 Å². The third-order valence-corrected chi connectivity index (χ3v) is 3.57. The van der Waals surface area contributed by atoms with E-state index in [9.17, 15) is 13.2 Å². The van der Waals surface area contributed by atoms with Crippen LogP contribution in [0.1, 0.15) is 11.1 Å². The van der Waals surface area contributed by atoms with E-state index >= 15 is 0 Å². The molecule has 2 rings (SSSR count). The molecule has 0 bridgehead atoms. The van der Waals surface area contributed by atoms with Crippen LogP contribution in [0.4, 0.5) is 13.2 Å². The van der Waals surface area contributed by atoms with Gasteiger partial charge in [0.2, 0.25) is 0 Å². The predicted molar refractivity (Wildman–Crippen MR) is 64.5 cm³/mol. The second kappa shape index (κ2) is 5.02. The highest BCUT2D eigenvalue weighted by Crippen LogP contribution is 2.38. The molecule has 2 aromatic rings. The molecule has 0 unspecified atom stereocenters. The van der Waals surface area contributed by atoms with Crippen LogP contribution in [0.15, 0.2) is 52.5 Å². The lowest BCUT2D eigenvalue weighted by atomic mass is 10.2. The molecule has 0 aliphatic rings. The normalized spacial score (nSPS) is 11.6. The van der Waals surface area contributed by atoms with Gasteiger partial charge in [-0.2, -0.15) is 13.2 Å². The number of aromatic nitrogens is 1. The van der Waals surface area contributed by atoms with E-state index in [1.165, 1.54) is 12.3 Å². The summed E-state index contributed by atoms with van der Waals surface area (Å²) in [5.41, 5.74) is 0.236. The van der Waals surface area contributed by atoms with Crippen LogP contribution in [0.25, 0.3) is 0 Å². The SMILES string of the molecule is Cc1ccccc1Sc1ncccc1C(F)(F)F. The van der Waals surface area contributed by atoms with E-state index in [-0.39, 0.29) is 5.03 Å². The van der Waals surface area contributed by atoms with E-state index in [0.717, 1.165) is 28.3 Å². The predicted octanol–water partition coefficient (Wildman–Crippen LogP) is 4.56. The van der Waals surface area contributed by atoms with E-state index < -0.39 is 11.7 Å². The van der Waals surface area contributed by atoms with Crippen molar-refractivity contribution >= 4 is 11.8 Å². The Morgan fingerprint density at radius 2 is 1.78 bits per heavy atom. The first kappa shape index (κ1) is 13.0. The number of nitrogens with zero attached hydrogens (tertiary/aromatic N) is 1. The van der Waals surface area contributed by atoms with Gasteiger partial charge in [-0.3, -0.25) is 0 Å². The Morgan fingerprint density at radius 3 is 2.44 bits per heavy atom. The number of hydrogen-bond donors (Lipinski definition) is 0. The van der Waals surface area contributed by atoms with Crippen LogP contribution < -0.4 is 0 Å². The maximum Gasteiger partial charge on any atom is 0.419 e. The van der Waals surface area contributed by atoms with Gasteiger partial charge in [0.15, 0.2) is 0 Å². The summed E-state index contributed by atoms with van der Waals surface area (Å²) < 4.78 is 38.4. The number of pyridine rings is 1. The Kier molecular flexibility index (Phi) is 3.61. The highest BCUT2D eigenvalue weighted by molar-refractivity contribution is 7.99. The average Bonchev–Trinajstić information content (AvgIpc) is 2.31. The minimum absolute atomic E-state index is 0.0145. The van der Waals surface area contributed by atoms with Crippen molar-refractivity contribution in [2.75, 3.05) is 0 Å². The Labute approximate surface area is 107 Å². The average molecular weight is 269 g/mol. The van der Waals surface area contributed by atoms with Crippen LogP contribution in [0.3, 0.4) is 0 Å². The summed E-state index contributed by atoms with van der Waals surface area (Å²) in [5, 5.41) is -0.0145. The Hall–Kier alpha value is -1.49. The number of halogens is 3. The van der Waals surface area contributed by atoms with Gasteiger partial charge in [0.25, 0.3) is 0 Å². The lowest BCUT2D eigenvalue weighted by Gasteiger charge is -2.11. The van der Waals surface area contributed by atoms with Crippen molar-refractivity contribution in [1.29, 1.82) is 0 Å². The van der Waals surface area contributed by atoms with Crippen molar-refractivity contribution < 1.29 is 13.2 Å². The standard InChI is InChI=1S/C13H10F3NS/c1-9-5-2-3-7-11(9)18-12-10(13(14,15)16)6-4-8-17-12/h2-8H,1H3. The van der Waals surface area contributed by atoms with Crippen molar-refractivity contribution in [3.8, 4) is 0 Å². The van der Waals surface area contributed by atoms with Crippen LogP contribution in [0, 0.1) is 6.92 Å². The maximum absolute atomic E-state index is 12.8. The highest BCUT2D eigenvalue weighted by Gasteiger charge is 2.34. The molecule has 0 spiro atoms. The monoisotopic (exact) mass is 269 g/mol. The molecule has 1 nitrogen and oxygen atoms in total. The largest absolute Gasteiger partial charge is 0.419 e. The third-order valence-electron chi connectivity index (χ3n) is 2.38. The zero-order chi connectivity index (χ0) is 13.2. The summed E-state index contributed by atoms with van der Waals surface area (Å²) >= 11 is 1.04. The second-order valence-corrected chi connectivity index (χ2v) is 4.75. The molecule has 1 heterocycles. The topological polar surface area (TPSA) is 12.9 Å². The molecule has 0 amide bonds. The zero-order valence-electron chi connectivity index (χ0n) is 9.53. The molecule has 5 heteroatoms. The van der Waals surface area contributed by atoms with Gasteiger partial charge in [-0.1, -0.05) is 30.0 Å². The summed E-state index contributed by atoms with van der Waals surface area (Å²) in [6.45, 7) is 1.86. The third kappa shape index (κ3) is 2.85. The van der Waals surface area contributed by atoms with Gasteiger partial charge in [0, 0.05) is 11.1 Å². The molecule has 0 atom stereocenters. The van der Waals surface area contributed by atoms with Crippen molar-refractivity contribution in [3.63, 3.8) is 0 Å². The lowest BCUT2D eigenvalue weighted by molar-refractivity contribution is -0.140. The number of rotatable bonds is 2. The molecule has 0 aliphatic heterocycles. The minimum Gasteiger partial charge on any atom is -0.249 e. The van der Waals surface area contributed by atoms with Gasteiger partial charge in [-0.05, 0) is 30.7 Å². The van der Waals surface area contributed by atoms with E-state index in [4.69, 9.17) is 0 Å². The van der Waals surface area contributed by atoms with Crippen LogP contribution in [-0.4, -0.2) is 4.98 Å². The molecule has 1 aromatic carbocycles. The highest BCUT2D eigenvalue weighted by atomic mass is 32.2. The molecule has 0 aliphatic carbocycles. The van der Waals surface area contributed by atoms with Crippen molar-refractivity contribution in [3.05, 3.63) is 53.7 Å². The molecule has 0 fully saturated rings. The summed E-state index contributed by atoms with van der Waals surface area (Å²) in [5.74, 6) is 0. The second-order valence-electron chi connectivity index (χ2n) is 3.72. The molecule has 0 radical (unpaired) electrons. The number of hydrogen-bond acceptors (Lipinski definition) is 2. The number of alkyl halides is 3. The fourth-order valence-electron chi connectivity index (χ4n) is 1.46. The van der Waals surface area contributed by atoms with Crippen LogP contribution in [-0.2, 0) is 6.18 Å². The Bertz CT molecular complexity index is 552. The number of aryl methyl sites for hydroxylation is 1. The van der Waals surface area contributed by atoms with Crippen LogP contribution >= 0.6 is 11.8 Å². The summed E-state index contributed by atoms with van der Waals surface area (Å²) in [7, 11) is 0. The van der Waals surface area contributed by atoms with Crippen LogP contribution in [0.5, 0.6) is 0 Å². The van der Waals surface area contributed by atoms with Gasteiger partial charge in [-0.25, -0.2) is 4.98 Å². The van der Waals surface area contributed by atoms with Gasteiger partial charge in [0.05, 0.1) is 5.56 Å². The van der Waals surface area contributed by atoms with E-state index in [0.29, 0.717) is 0 Å². The molecule has 94 valence electrons. The minimum atomic E-state index is -4.38. The summed E-state index contributed by atoms with van der Waals surface area (Å²) in [4.78, 5) is 4.60. The lowest BCUT2D eigenvalue weighted by Crippen LogP contribution is -2.07. The van der Waals surface area contributed by atoms with Gasteiger partial charge in [0.1, 0.15) is 5.03 Å². The molecule has 18 heavy (non-hydrogen) atoms. The Balaban J connectivity index is 2.39. The fourth-order valence-corrected chi connectivity index (χ4v) is 2.45. The first-order valence-electron chi connectivity index (χ1n) is 5.24. The Morgan fingerprint density at radius 1 is 1.06 bits per heavy atom. The molecule has 0 N–H and O–H groups in total. The molecule has 0 saturated heterocycles. The first-order valence-corrected chi connectivity index (χ1v) is 6.06. The summed E-state index contributed by atoms with van der Waals surface area (Å²) in [6.07, 6.45) is -3.00.